The minimum atomic E-state index is -0.915. The molecule has 1 heterocycles. The molecule has 0 radical (unpaired) electrons. The monoisotopic (exact) mass is 266 g/mol. The molecule has 2 rings (SSSR count). The number of allylic oxidation sites excluding steroid dienone is 2. The molecule has 1 N–H and O–H groups in total. The van der Waals surface area contributed by atoms with Crippen molar-refractivity contribution in [1.82, 2.24) is 10.2 Å². The molecule has 0 spiro atoms. The maximum absolute atomic E-state index is 11.9. The number of imide groups is 1. The lowest BCUT2D eigenvalue weighted by atomic mass is 9.95. The van der Waals surface area contributed by atoms with Gasteiger partial charge >= 0.3 is 12.0 Å². The average Bonchev–Trinajstić information content (AvgIpc) is 2.85. The molecule has 0 aromatic heterocycles. The minimum absolute atomic E-state index is 0.173. The van der Waals surface area contributed by atoms with Gasteiger partial charge in [-0.05, 0) is 26.2 Å². The van der Waals surface area contributed by atoms with Crippen LogP contribution in [0.15, 0.2) is 12.2 Å². The van der Waals surface area contributed by atoms with Crippen molar-refractivity contribution in [3.63, 3.8) is 0 Å². The molecular weight excluding hydrogens is 248 g/mol. The van der Waals surface area contributed by atoms with Crippen LogP contribution in [0, 0.1) is 5.92 Å². The molecule has 6 nitrogen and oxygen atoms in total. The molecule has 19 heavy (non-hydrogen) atoms. The van der Waals surface area contributed by atoms with Gasteiger partial charge in [0.1, 0.15) is 0 Å². The fourth-order valence-corrected chi connectivity index (χ4v) is 2.23. The molecule has 0 bridgehead atoms. The van der Waals surface area contributed by atoms with Crippen molar-refractivity contribution in [2.24, 2.45) is 5.92 Å². The zero-order valence-electron chi connectivity index (χ0n) is 10.9. The van der Waals surface area contributed by atoms with Gasteiger partial charge in [-0.25, -0.2) is 4.79 Å². The first-order valence-electron chi connectivity index (χ1n) is 6.54. The molecule has 3 amide bonds. The van der Waals surface area contributed by atoms with Gasteiger partial charge in [0.2, 0.25) is 0 Å². The van der Waals surface area contributed by atoms with E-state index in [1.54, 1.807) is 0 Å². The number of urea groups is 1. The van der Waals surface area contributed by atoms with Gasteiger partial charge < -0.3 is 10.1 Å². The Morgan fingerprint density at radius 2 is 2.26 bits per heavy atom. The second-order valence-electron chi connectivity index (χ2n) is 4.78. The molecule has 1 aliphatic heterocycles. The number of amides is 3. The first kappa shape index (κ1) is 13.6. The smallest absolute Gasteiger partial charge is 0.324 e. The molecule has 1 saturated heterocycles. The van der Waals surface area contributed by atoms with Crippen LogP contribution in [0.1, 0.15) is 26.2 Å². The fraction of sp³-hybridized carbons (Fsp3) is 0.615. The van der Waals surface area contributed by atoms with E-state index in [1.807, 2.05) is 12.2 Å². The number of rotatable bonds is 3. The highest BCUT2D eigenvalue weighted by Gasteiger charge is 2.32. The van der Waals surface area contributed by atoms with E-state index in [9.17, 15) is 14.4 Å². The van der Waals surface area contributed by atoms with Gasteiger partial charge in [0.15, 0.2) is 6.10 Å². The minimum Gasteiger partial charge on any atom is -0.452 e. The van der Waals surface area contributed by atoms with Crippen molar-refractivity contribution in [2.75, 3.05) is 13.1 Å². The lowest BCUT2D eigenvalue weighted by molar-refractivity contribution is -0.161. The highest BCUT2D eigenvalue weighted by Crippen LogP contribution is 2.20. The fourth-order valence-electron chi connectivity index (χ4n) is 2.23. The Hall–Kier alpha value is -1.85. The number of carbonyl (C=O) groups is 3. The summed E-state index contributed by atoms with van der Waals surface area (Å²) in [6.45, 7) is 2.27. The van der Waals surface area contributed by atoms with E-state index in [2.05, 4.69) is 5.32 Å². The van der Waals surface area contributed by atoms with E-state index < -0.39 is 18.0 Å². The quantitative estimate of drug-likeness (QED) is 0.606. The van der Waals surface area contributed by atoms with Crippen LogP contribution in [0.2, 0.25) is 0 Å². The van der Waals surface area contributed by atoms with Crippen molar-refractivity contribution in [3.05, 3.63) is 12.2 Å². The SMILES string of the molecule is C[C@@H](OC(=O)[C@@H]1CC=CCC1)C(=O)N1CCNC1=O. The zero-order valence-corrected chi connectivity index (χ0v) is 10.9. The molecule has 0 aromatic rings. The molecular formula is C13H18N2O4. The molecule has 2 aliphatic rings. The molecule has 6 heteroatoms. The first-order chi connectivity index (χ1) is 9.09. The number of hydrogen-bond acceptors (Lipinski definition) is 4. The summed E-state index contributed by atoms with van der Waals surface area (Å²) in [7, 11) is 0. The molecule has 1 aliphatic carbocycles. The van der Waals surface area contributed by atoms with Crippen LogP contribution >= 0.6 is 0 Å². The predicted molar refractivity (Wildman–Crippen MR) is 67.1 cm³/mol. The van der Waals surface area contributed by atoms with Crippen molar-refractivity contribution in [2.45, 2.75) is 32.3 Å². The summed E-state index contributed by atoms with van der Waals surface area (Å²) in [6.07, 6.45) is 5.34. The average molecular weight is 266 g/mol. The molecule has 0 aromatic carbocycles. The van der Waals surface area contributed by atoms with Crippen LogP contribution in [-0.4, -0.2) is 42.0 Å². The maximum atomic E-state index is 11.9. The third-order valence-electron chi connectivity index (χ3n) is 3.37. The van der Waals surface area contributed by atoms with Crippen molar-refractivity contribution < 1.29 is 19.1 Å². The Bertz CT molecular complexity index is 419. The molecule has 104 valence electrons. The topological polar surface area (TPSA) is 75.7 Å². The van der Waals surface area contributed by atoms with Crippen LogP contribution in [-0.2, 0) is 14.3 Å². The van der Waals surface area contributed by atoms with Crippen molar-refractivity contribution >= 4 is 17.9 Å². The van der Waals surface area contributed by atoms with Gasteiger partial charge in [-0.2, -0.15) is 0 Å². The van der Waals surface area contributed by atoms with Gasteiger partial charge in [-0.15, -0.1) is 0 Å². The number of carbonyl (C=O) groups excluding carboxylic acids is 3. The summed E-state index contributed by atoms with van der Waals surface area (Å²) in [5.41, 5.74) is 0. The normalized spacial score (nSPS) is 23.9. The predicted octanol–water partition coefficient (Wildman–Crippen LogP) is 0.826. The molecule has 2 atom stereocenters. The van der Waals surface area contributed by atoms with E-state index in [0.29, 0.717) is 19.5 Å². The van der Waals surface area contributed by atoms with E-state index >= 15 is 0 Å². The van der Waals surface area contributed by atoms with Crippen LogP contribution in [0.4, 0.5) is 4.79 Å². The standard InChI is InChI=1S/C13H18N2O4/c1-9(11(16)15-8-7-14-13(15)18)19-12(17)10-5-3-2-4-6-10/h2-3,9-10H,4-8H2,1H3,(H,14,18)/t9-,10-/m1/s1. The Kier molecular flexibility index (Phi) is 4.19. The van der Waals surface area contributed by atoms with Gasteiger partial charge in [0, 0.05) is 13.1 Å². The van der Waals surface area contributed by atoms with Crippen molar-refractivity contribution in [1.29, 1.82) is 0 Å². The number of ether oxygens (including phenoxy) is 1. The number of nitrogens with one attached hydrogen (secondary N) is 1. The van der Waals surface area contributed by atoms with Crippen LogP contribution in [0.3, 0.4) is 0 Å². The Balaban J connectivity index is 1.87. The van der Waals surface area contributed by atoms with E-state index in [-0.39, 0.29) is 11.9 Å². The van der Waals surface area contributed by atoms with Crippen LogP contribution in [0.5, 0.6) is 0 Å². The van der Waals surface area contributed by atoms with Crippen LogP contribution in [0.25, 0.3) is 0 Å². The highest BCUT2D eigenvalue weighted by atomic mass is 16.5. The summed E-state index contributed by atoms with van der Waals surface area (Å²) in [6, 6.07) is -0.423. The van der Waals surface area contributed by atoms with Gasteiger partial charge in [-0.3, -0.25) is 14.5 Å². The molecule has 1 fully saturated rings. The third kappa shape index (κ3) is 3.13. The zero-order chi connectivity index (χ0) is 13.8. The van der Waals surface area contributed by atoms with Gasteiger partial charge in [-0.1, -0.05) is 12.2 Å². The second kappa shape index (κ2) is 5.86. The lowest BCUT2D eigenvalue weighted by Crippen LogP contribution is -2.42. The van der Waals surface area contributed by atoms with Crippen LogP contribution < -0.4 is 5.32 Å². The first-order valence-corrected chi connectivity index (χ1v) is 6.54. The second-order valence-corrected chi connectivity index (χ2v) is 4.78. The lowest BCUT2D eigenvalue weighted by Gasteiger charge is -2.21. The van der Waals surface area contributed by atoms with Gasteiger partial charge in [0.05, 0.1) is 5.92 Å². The Labute approximate surface area is 111 Å². The summed E-state index contributed by atoms with van der Waals surface area (Å²) in [5, 5.41) is 2.54. The summed E-state index contributed by atoms with van der Waals surface area (Å²) >= 11 is 0. The van der Waals surface area contributed by atoms with Gasteiger partial charge in [0.25, 0.3) is 5.91 Å². The Morgan fingerprint density at radius 3 is 2.84 bits per heavy atom. The highest BCUT2D eigenvalue weighted by molar-refractivity contribution is 5.98. The van der Waals surface area contributed by atoms with Crippen molar-refractivity contribution in [3.8, 4) is 0 Å². The summed E-state index contributed by atoms with van der Waals surface area (Å²) in [5.74, 6) is -0.993. The largest absolute Gasteiger partial charge is 0.452 e. The summed E-state index contributed by atoms with van der Waals surface area (Å²) in [4.78, 5) is 36.3. The van der Waals surface area contributed by atoms with E-state index in [0.717, 1.165) is 17.7 Å². The third-order valence-corrected chi connectivity index (χ3v) is 3.37. The number of nitrogens with zero attached hydrogens (tertiary/aromatic N) is 1. The molecule has 0 saturated carbocycles. The molecule has 0 unspecified atom stereocenters. The van der Waals surface area contributed by atoms with E-state index in [4.69, 9.17) is 4.74 Å². The number of esters is 1. The number of hydrogen-bond donors (Lipinski definition) is 1. The Morgan fingerprint density at radius 1 is 1.47 bits per heavy atom. The summed E-state index contributed by atoms with van der Waals surface area (Å²) < 4.78 is 5.17. The maximum Gasteiger partial charge on any atom is 0.324 e. The van der Waals surface area contributed by atoms with E-state index in [1.165, 1.54) is 6.92 Å².